The Morgan fingerprint density at radius 3 is 2.21 bits per heavy atom. The first-order valence-electron chi connectivity index (χ1n) is 8.98. The number of aliphatic imine (C=N–C) groups is 1. The highest BCUT2D eigenvalue weighted by Gasteiger charge is 2.16. The van der Waals surface area contributed by atoms with E-state index in [4.69, 9.17) is 14.2 Å². The molecule has 0 saturated carbocycles. The van der Waals surface area contributed by atoms with E-state index in [1.54, 1.807) is 40.5 Å². The lowest BCUT2D eigenvalue weighted by atomic mass is 10.1. The van der Waals surface area contributed by atoms with E-state index in [-0.39, 0.29) is 29.8 Å². The van der Waals surface area contributed by atoms with Crippen LogP contribution in [0.3, 0.4) is 0 Å². The second-order valence-corrected chi connectivity index (χ2v) is 6.20. The molecule has 160 valence electrons. The summed E-state index contributed by atoms with van der Waals surface area (Å²) in [5.41, 5.74) is 2.01. The second kappa shape index (κ2) is 12.4. The number of guanidine groups is 1. The van der Waals surface area contributed by atoms with Crippen LogP contribution in [0, 0.1) is 5.82 Å². The lowest BCUT2D eigenvalue weighted by molar-refractivity contribution is 0.322. The van der Waals surface area contributed by atoms with Crippen LogP contribution in [0.2, 0.25) is 0 Å². The molecule has 2 rings (SSSR count). The third-order valence-corrected chi connectivity index (χ3v) is 4.37. The van der Waals surface area contributed by atoms with Crippen molar-refractivity contribution in [3.05, 3.63) is 53.3 Å². The first kappa shape index (κ1) is 24.8. The summed E-state index contributed by atoms with van der Waals surface area (Å²) < 4.78 is 29.3. The minimum absolute atomic E-state index is 0. The summed E-state index contributed by atoms with van der Waals surface area (Å²) in [6, 6.07) is 10.3. The maximum atomic E-state index is 13.1. The summed E-state index contributed by atoms with van der Waals surface area (Å²) in [5, 5.41) is 3.34. The van der Waals surface area contributed by atoms with Crippen molar-refractivity contribution in [3.63, 3.8) is 0 Å². The van der Waals surface area contributed by atoms with Gasteiger partial charge in [-0.2, -0.15) is 0 Å². The molecular formula is C21H29FIN3O3. The zero-order valence-corrected chi connectivity index (χ0v) is 19.8. The number of nitrogens with one attached hydrogen (secondary N) is 1. The molecule has 0 amide bonds. The molecular weight excluding hydrogens is 488 g/mol. The van der Waals surface area contributed by atoms with E-state index < -0.39 is 0 Å². The predicted octanol–water partition coefficient (Wildman–Crippen LogP) is 3.72. The van der Waals surface area contributed by atoms with Gasteiger partial charge in [-0.25, -0.2) is 4.39 Å². The maximum Gasteiger partial charge on any atom is 0.203 e. The minimum Gasteiger partial charge on any atom is -0.493 e. The topological polar surface area (TPSA) is 55.3 Å². The minimum atomic E-state index is -0.238. The van der Waals surface area contributed by atoms with Crippen molar-refractivity contribution >= 4 is 29.9 Å². The molecule has 0 unspecified atom stereocenters. The SMILES string of the molecule is CN=C(NCCc1ccc(OC)c(OC)c1OC)N(C)Cc1ccc(F)cc1.I. The van der Waals surface area contributed by atoms with Crippen molar-refractivity contribution in [2.45, 2.75) is 13.0 Å². The van der Waals surface area contributed by atoms with E-state index in [2.05, 4.69) is 10.3 Å². The monoisotopic (exact) mass is 517 g/mol. The number of methoxy groups -OCH3 is 3. The fourth-order valence-corrected chi connectivity index (χ4v) is 2.99. The first-order chi connectivity index (χ1) is 13.5. The number of hydrogen-bond donors (Lipinski definition) is 1. The van der Waals surface area contributed by atoms with Crippen molar-refractivity contribution in [1.29, 1.82) is 0 Å². The molecule has 2 aromatic carbocycles. The summed E-state index contributed by atoms with van der Waals surface area (Å²) in [6.45, 7) is 1.28. The van der Waals surface area contributed by atoms with Crippen LogP contribution in [0.4, 0.5) is 4.39 Å². The van der Waals surface area contributed by atoms with Crippen LogP contribution < -0.4 is 19.5 Å². The second-order valence-electron chi connectivity index (χ2n) is 6.20. The summed E-state index contributed by atoms with van der Waals surface area (Å²) in [5.74, 6) is 2.39. The molecule has 0 saturated heterocycles. The number of halogens is 2. The number of ether oxygens (including phenoxy) is 3. The Morgan fingerprint density at radius 2 is 1.66 bits per heavy atom. The van der Waals surface area contributed by atoms with E-state index in [1.165, 1.54) is 12.1 Å². The van der Waals surface area contributed by atoms with Gasteiger partial charge in [0.25, 0.3) is 0 Å². The molecule has 8 heteroatoms. The average Bonchev–Trinajstić information content (AvgIpc) is 2.71. The third-order valence-electron chi connectivity index (χ3n) is 4.37. The van der Waals surface area contributed by atoms with Gasteiger partial charge >= 0.3 is 0 Å². The van der Waals surface area contributed by atoms with Crippen LogP contribution in [0.1, 0.15) is 11.1 Å². The van der Waals surface area contributed by atoms with Crippen LogP contribution in [0.5, 0.6) is 17.2 Å². The fourth-order valence-electron chi connectivity index (χ4n) is 2.99. The van der Waals surface area contributed by atoms with Crippen molar-refractivity contribution in [2.75, 3.05) is 42.0 Å². The van der Waals surface area contributed by atoms with Crippen molar-refractivity contribution in [1.82, 2.24) is 10.2 Å². The Labute approximate surface area is 189 Å². The molecule has 0 bridgehead atoms. The van der Waals surface area contributed by atoms with Crippen LogP contribution in [-0.2, 0) is 13.0 Å². The maximum absolute atomic E-state index is 13.1. The van der Waals surface area contributed by atoms with Gasteiger partial charge in [-0.3, -0.25) is 4.99 Å². The zero-order chi connectivity index (χ0) is 20.5. The summed E-state index contributed by atoms with van der Waals surface area (Å²) >= 11 is 0. The van der Waals surface area contributed by atoms with Crippen LogP contribution in [-0.4, -0.2) is 52.8 Å². The van der Waals surface area contributed by atoms with Crippen LogP contribution in [0.15, 0.2) is 41.4 Å². The molecule has 0 aromatic heterocycles. The molecule has 1 N–H and O–H groups in total. The lowest BCUT2D eigenvalue weighted by Crippen LogP contribution is -2.39. The largest absolute Gasteiger partial charge is 0.493 e. The van der Waals surface area contributed by atoms with Gasteiger partial charge in [-0.1, -0.05) is 18.2 Å². The summed E-state index contributed by atoms with van der Waals surface area (Å²) in [4.78, 5) is 6.30. The van der Waals surface area contributed by atoms with Gasteiger partial charge in [-0.15, -0.1) is 24.0 Å². The number of rotatable bonds is 8. The van der Waals surface area contributed by atoms with Crippen molar-refractivity contribution in [2.24, 2.45) is 4.99 Å². The van der Waals surface area contributed by atoms with Gasteiger partial charge in [-0.05, 0) is 30.2 Å². The third kappa shape index (κ3) is 6.66. The highest BCUT2D eigenvalue weighted by molar-refractivity contribution is 14.0. The van der Waals surface area contributed by atoms with Gasteiger partial charge in [0.15, 0.2) is 17.5 Å². The predicted molar refractivity (Wildman–Crippen MR) is 124 cm³/mol. The van der Waals surface area contributed by atoms with Crippen LogP contribution >= 0.6 is 24.0 Å². The smallest absolute Gasteiger partial charge is 0.203 e. The van der Waals surface area contributed by atoms with Gasteiger partial charge in [0, 0.05) is 32.7 Å². The Bertz CT molecular complexity index is 801. The number of benzene rings is 2. The molecule has 0 aliphatic heterocycles. The molecule has 0 heterocycles. The molecule has 0 spiro atoms. The average molecular weight is 517 g/mol. The van der Waals surface area contributed by atoms with E-state index in [0.717, 1.165) is 17.1 Å². The molecule has 0 atom stereocenters. The van der Waals surface area contributed by atoms with E-state index in [9.17, 15) is 4.39 Å². The van der Waals surface area contributed by atoms with Gasteiger partial charge in [0.2, 0.25) is 5.75 Å². The first-order valence-corrected chi connectivity index (χ1v) is 8.98. The molecule has 0 aliphatic carbocycles. The molecule has 29 heavy (non-hydrogen) atoms. The van der Waals surface area contributed by atoms with E-state index in [0.29, 0.717) is 36.8 Å². The summed E-state index contributed by atoms with van der Waals surface area (Å²) in [7, 11) is 8.48. The highest BCUT2D eigenvalue weighted by atomic mass is 127. The number of nitrogens with zero attached hydrogens (tertiary/aromatic N) is 2. The Balaban J connectivity index is 0.00000420. The molecule has 0 fully saturated rings. The molecule has 6 nitrogen and oxygen atoms in total. The van der Waals surface area contributed by atoms with E-state index >= 15 is 0 Å². The summed E-state index contributed by atoms with van der Waals surface area (Å²) in [6.07, 6.45) is 0.715. The van der Waals surface area contributed by atoms with Gasteiger partial charge in [0.05, 0.1) is 21.3 Å². The highest BCUT2D eigenvalue weighted by Crippen LogP contribution is 2.39. The fraction of sp³-hybridized carbons (Fsp3) is 0.381. The normalized spacial score (nSPS) is 10.8. The lowest BCUT2D eigenvalue weighted by Gasteiger charge is -2.22. The molecule has 0 radical (unpaired) electrons. The standard InChI is InChI=1S/C21H28FN3O3.HI/c1-23-21(25(2)14-15-6-9-17(22)10-7-15)24-13-12-16-8-11-18(26-3)20(28-5)19(16)27-4;/h6-11H,12-14H2,1-5H3,(H,23,24);1H. The van der Waals surface area contributed by atoms with Crippen molar-refractivity contribution < 1.29 is 18.6 Å². The molecule has 0 aliphatic rings. The molecule has 2 aromatic rings. The van der Waals surface area contributed by atoms with Crippen molar-refractivity contribution in [3.8, 4) is 17.2 Å². The zero-order valence-electron chi connectivity index (χ0n) is 17.5. The number of hydrogen-bond acceptors (Lipinski definition) is 4. The van der Waals surface area contributed by atoms with Crippen LogP contribution in [0.25, 0.3) is 0 Å². The Kier molecular flexibility index (Phi) is 10.6. The van der Waals surface area contributed by atoms with Gasteiger partial charge in [0.1, 0.15) is 5.82 Å². The Morgan fingerprint density at radius 1 is 1.00 bits per heavy atom. The van der Waals surface area contributed by atoms with Gasteiger partial charge < -0.3 is 24.4 Å². The van der Waals surface area contributed by atoms with E-state index in [1.807, 2.05) is 24.1 Å². The quantitative estimate of drug-likeness (QED) is 0.329. The Hall–Kier alpha value is -2.23.